The highest BCUT2D eigenvalue weighted by atomic mass is 32.2. The first-order valence-corrected chi connectivity index (χ1v) is 7.92. The van der Waals surface area contributed by atoms with Gasteiger partial charge >= 0.3 is 5.97 Å². The van der Waals surface area contributed by atoms with Crippen molar-refractivity contribution in [1.29, 1.82) is 0 Å². The number of aromatic nitrogens is 2. The standard InChI is InChI=1S/C14H21N3O3S/c1-6-7-17(8-11(18)20-4)14(19)12-9(2)15-10(3)16-13(12)21-5/h6-8H2,1-5H3. The molecule has 0 aromatic carbocycles. The van der Waals surface area contributed by atoms with Gasteiger partial charge in [-0.3, -0.25) is 9.59 Å². The van der Waals surface area contributed by atoms with Gasteiger partial charge in [0.15, 0.2) is 0 Å². The number of carbonyl (C=O) groups excluding carboxylic acids is 2. The van der Waals surface area contributed by atoms with Gasteiger partial charge in [0, 0.05) is 6.54 Å². The van der Waals surface area contributed by atoms with Crippen molar-refractivity contribution in [2.75, 3.05) is 26.5 Å². The number of hydrogen-bond donors (Lipinski definition) is 0. The topological polar surface area (TPSA) is 72.4 Å². The second kappa shape index (κ2) is 7.97. The number of methoxy groups -OCH3 is 1. The number of thioether (sulfide) groups is 1. The maximum Gasteiger partial charge on any atom is 0.325 e. The predicted molar refractivity (Wildman–Crippen MR) is 81.5 cm³/mol. The molecule has 6 nitrogen and oxygen atoms in total. The summed E-state index contributed by atoms with van der Waals surface area (Å²) in [4.78, 5) is 34.2. The number of hydrogen-bond acceptors (Lipinski definition) is 6. The van der Waals surface area contributed by atoms with E-state index in [-0.39, 0.29) is 12.5 Å². The van der Waals surface area contributed by atoms with Gasteiger partial charge < -0.3 is 9.64 Å². The minimum Gasteiger partial charge on any atom is -0.468 e. The SMILES string of the molecule is CCCN(CC(=O)OC)C(=O)c1c(C)nc(C)nc1SC. The fourth-order valence-electron chi connectivity index (χ4n) is 1.98. The average Bonchev–Trinajstić information content (AvgIpc) is 2.45. The summed E-state index contributed by atoms with van der Waals surface area (Å²) in [6.45, 7) is 5.94. The summed E-state index contributed by atoms with van der Waals surface area (Å²) < 4.78 is 4.65. The molecule has 0 spiro atoms. The highest BCUT2D eigenvalue weighted by molar-refractivity contribution is 7.98. The molecule has 0 radical (unpaired) electrons. The molecule has 1 rings (SSSR count). The number of esters is 1. The maximum absolute atomic E-state index is 12.7. The quantitative estimate of drug-likeness (QED) is 0.453. The van der Waals surface area contributed by atoms with Crippen LogP contribution in [0, 0.1) is 13.8 Å². The smallest absolute Gasteiger partial charge is 0.325 e. The van der Waals surface area contributed by atoms with E-state index in [2.05, 4.69) is 14.7 Å². The van der Waals surface area contributed by atoms with Crippen LogP contribution in [-0.4, -0.2) is 53.2 Å². The third-order valence-electron chi connectivity index (χ3n) is 2.90. The molecule has 1 aromatic rings. The van der Waals surface area contributed by atoms with Gasteiger partial charge in [-0.1, -0.05) is 6.92 Å². The molecule has 21 heavy (non-hydrogen) atoms. The molecule has 1 heterocycles. The van der Waals surface area contributed by atoms with Gasteiger partial charge in [-0.15, -0.1) is 11.8 Å². The van der Waals surface area contributed by atoms with Crippen molar-refractivity contribution >= 4 is 23.6 Å². The van der Waals surface area contributed by atoms with Crippen molar-refractivity contribution < 1.29 is 14.3 Å². The van der Waals surface area contributed by atoms with Crippen LogP contribution in [0.25, 0.3) is 0 Å². The zero-order chi connectivity index (χ0) is 16.0. The first-order chi connectivity index (χ1) is 9.94. The van der Waals surface area contributed by atoms with Gasteiger partial charge in [0.2, 0.25) is 0 Å². The van der Waals surface area contributed by atoms with Crippen LogP contribution < -0.4 is 0 Å². The lowest BCUT2D eigenvalue weighted by atomic mass is 10.2. The van der Waals surface area contributed by atoms with E-state index in [1.54, 1.807) is 13.8 Å². The molecule has 0 aliphatic rings. The summed E-state index contributed by atoms with van der Waals surface area (Å²) in [6, 6.07) is 0. The number of ether oxygens (including phenoxy) is 1. The first kappa shape index (κ1) is 17.4. The van der Waals surface area contributed by atoms with E-state index < -0.39 is 5.97 Å². The highest BCUT2D eigenvalue weighted by Crippen LogP contribution is 2.22. The highest BCUT2D eigenvalue weighted by Gasteiger charge is 2.24. The van der Waals surface area contributed by atoms with Crippen LogP contribution in [0.15, 0.2) is 5.03 Å². The van der Waals surface area contributed by atoms with E-state index in [0.717, 1.165) is 6.42 Å². The Morgan fingerprint density at radius 1 is 1.29 bits per heavy atom. The summed E-state index contributed by atoms with van der Waals surface area (Å²) in [7, 11) is 1.31. The molecule has 116 valence electrons. The van der Waals surface area contributed by atoms with Crippen molar-refractivity contribution in [2.45, 2.75) is 32.2 Å². The Morgan fingerprint density at radius 2 is 1.95 bits per heavy atom. The molecule has 1 amide bonds. The molecular formula is C14H21N3O3S. The van der Waals surface area contributed by atoms with Gasteiger partial charge in [-0.2, -0.15) is 0 Å². The molecule has 0 atom stereocenters. The summed E-state index contributed by atoms with van der Waals surface area (Å²) in [6.07, 6.45) is 2.62. The van der Waals surface area contributed by atoms with Gasteiger partial charge in [0.05, 0.1) is 18.4 Å². The van der Waals surface area contributed by atoms with Crippen LogP contribution in [0.3, 0.4) is 0 Å². The fraction of sp³-hybridized carbons (Fsp3) is 0.571. The zero-order valence-electron chi connectivity index (χ0n) is 13.1. The number of nitrogens with zero attached hydrogens (tertiary/aromatic N) is 3. The Morgan fingerprint density at radius 3 is 2.48 bits per heavy atom. The van der Waals surface area contributed by atoms with E-state index in [1.807, 2.05) is 13.2 Å². The van der Waals surface area contributed by atoms with Crippen LogP contribution >= 0.6 is 11.8 Å². The van der Waals surface area contributed by atoms with E-state index in [4.69, 9.17) is 0 Å². The minimum atomic E-state index is -0.437. The largest absolute Gasteiger partial charge is 0.468 e. The molecule has 0 aliphatic carbocycles. The van der Waals surface area contributed by atoms with E-state index in [1.165, 1.54) is 23.8 Å². The molecule has 0 unspecified atom stereocenters. The normalized spacial score (nSPS) is 10.3. The molecule has 0 saturated carbocycles. The number of amides is 1. The summed E-state index contributed by atoms with van der Waals surface area (Å²) in [5.41, 5.74) is 1.09. The number of rotatable bonds is 6. The lowest BCUT2D eigenvalue weighted by Crippen LogP contribution is -2.37. The summed E-state index contributed by atoms with van der Waals surface area (Å²) in [5, 5.41) is 0.635. The van der Waals surface area contributed by atoms with Crippen LogP contribution in [0.2, 0.25) is 0 Å². The lowest BCUT2D eigenvalue weighted by molar-refractivity contribution is -0.141. The van der Waals surface area contributed by atoms with E-state index in [0.29, 0.717) is 28.7 Å². The van der Waals surface area contributed by atoms with Crippen LogP contribution in [-0.2, 0) is 9.53 Å². The van der Waals surface area contributed by atoms with Gasteiger partial charge in [-0.25, -0.2) is 9.97 Å². The maximum atomic E-state index is 12.7. The Hall–Kier alpha value is -1.63. The van der Waals surface area contributed by atoms with Crippen LogP contribution in [0.4, 0.5) is 0 Å². The Labute approximate surface area is 129 Å². The molecule has 1 aromatic heterocycles. The fourth-order valence-corrected chi connectivity index (χ4v) is 2.64. The molecule has 7 heteroatoms. The van der Waals surface area contributed by atoms with Crippen LogP contribution in [0.1, 0.15) is 35.2 Å². The molecule has 0 bridgehead atoms. The number of aryl methyl sites for hydroxylation is 2. The van der Waals surface area contributed by atoms with Crippen molar-refractivity contribution in [3.8, 4) is 0 Å². The number of carbonyl (C=O) groups is 2. The predicted octanol–water partition coefficient (Wildman–Crippen LogP) is 1.84. The van der Waals surface area contributed by atoms with Crippen molar-refractivity contribution in [2.24, 2.45) is 0 Å². The van der Waals surface area contributed by atoms with Gasteiger partial charge in [0.25, 0.3) is 5.91 Å². The zero-order valence-corrected chi connectivity index (χ0v) is 13.9. The third kappa shape index (κ3) is 4.42. The Bertz CT molecular complexity index is 534. The monoisotopic (exact) mass is 311 g/mol. The Balaban J connectivity index is 3.17. The second-order valence-corrected chi connectivity index (χ2v) is 5.34. The molecule has 0 saturated heterocycles. The van der Waals surface area contributed by atoms with Gasteiger partial charge in [-0.05, 0) is 26.5 Å². The third-order valence-corrected chi connectivity index (χ3v) is 3.59. The minimum absolute atomic E-state index is 0.0652. The second-order valence-electron chi connectivity index (χ2n) is 4.54. The first-order valence-electron chi connectivity index (χ1n) is 6.69. The summed E-state index contributed by atoms with van der Waals surface area (Å²) >= 11 is 1.40. The van der Waals surface area contributed by atoms with Crippen LogP contribution in [0.5, 0.6) is 0 Å². The molecular weight excluding hydrogens is 290 g/mol. The average molecular weight is 311 g/mol. The van der Waals surface area contributed by atoms with Gasteiger partial charge in [0.1, 0.15) is 17.4 Å². The van der Waals surface area contributed by atoms with E-state index >= 15 is 0 Å². The molecule has 0 aliphatic heterocycles. The Kier molecular flexibility index (Phi) is 6.61. The van der Waals surface area contributed by atoms with Crippen molar-refractivity contribution in [1.82, 2.24) is 14.9 Å². The lowest BCUT2D eigenvalue weighted by Gasteiger charge is -2.22. The summed E-state index contributed by atoms with van der Waals surface area (Å²) in [5.74, 6) is -0.0410. The van der Waals surface area contributed by atoms with Crippen molar-refractivity contribution in [3.05, 3.63) is 17.1 Å². The van der Waals surface area contributed by atoms with E-state index in [9.17, 15) is 9.59 Å². The van der Waals surface area contributed by atoms with Crippen molar-refractivity contribution in [3.63, 3.8) is 0 Å². The molecule has 0 fully saturated rings. The molecule has 0 N–H and O–H groups in total.